The molecule has 1 N–H and O–H groups in total. The molecule has 0 saturated heterocycles. The zero-order valence-corrected chi connectivity index (χ0v) is 13.0. The summed E-state index contributed by atoms with van der Waals surface area (Å²) in [4.78, 5) is 8.08. The van der Waals surface area contributed by atoms with E-state index in [0.29, 0.717) is 11.2 Å². The molecule has 0 fully saturated rings. The lowest BCUT2D eigenvalue weighted by Gasteiger charge is -2.32. The Hall–Kier alpha value is -1.10. The van der Waals surface area contributed by atoms with Crippen LogP contribution in [0.25, 0.3) is 0 Å². The summed E-state index contributed by atoms with van der Waals surface area (Å²) in [5.74, 6) is 0. The zero-order valence-electron chi connectivity index (χ0n) is 11.5. The molecule has 1 atom stereocenters. The first-order valence-electron chi connectivity index (χ1n) is 6.87. The summed E-state index contributed by atoms with van der Waals surface area (Å²) in [7, 11) is 0. The number of hydrogen-bond acceptors (Lipinski definition) is 4. The lowest BCUT2D eigenvalue weighted by Crippen LogP contribution is -2.40. The SMILES string of the molecule is CC(CNc1ccnc(Cl)c1)N1CCc2sccc2C1. The molecule has 1 unspecified atom stereocenters. The van der Waals surface area contributed by atoms with Gasteiger partial charge in [0.2, 0.25) is 0 Å². The highest BCUT2D eigenvalue weighted by atomic mass is 35.5. The summed E-state index contributed by atoms with van der Waals surface area (Å²) < 4.78 is 0. The fourth-order valence-electron chi connectivity index (χ4n) is 2.55. The molecule has 5 heteroatoms. The molecule has 2 aromatic rings. The first-order chi connectivity index (χ1) is 9.72. The molecule has 0 amide bonds. The molecule has 2 aromatic heterocycles. The number of hydrogen-bond donors (Lipinski definition) is 1. The highest BCUT2D eigenvalue weighted by molar-refractivity contribution is 7.10. The zero-order chi connectivity index (χ0) is 13.9. The van der Waals surface area contributed by atoms with Gasteiger partial charge in [-0.15, -0.1) is 11.3 Å². The van der Waals surface area contributed by atoms with Gasteiger partial charge in [-0.25, -0.2) is 4.98 Å². The van der Waals surface area contributed by atoms with Crippen molar-refractivity contribution >= 4 is 28.6 Å². The lowest BCUT2D eigenvalue weighted by molar-refractivity contribution is 0.200. The average molecular weight is 308 g/mol. The summed E-state index contributed by atoms with van der Waals surface area (Å²) in [5, 5.41) is 6.17. The first-order valence-corrected chi connectivity index (χ1v) is 8.13. The van der Waals surface area contributed by atoms with Crippen LogP contribution in [0.3, 0.4) is 0 Å². The molecule has 3 rings (SSSR count). The van der Waals surface area contributed by atoms with Crippen molar-refractivity contribution in [2.45, 2.75) is 25.9 Å². The number of fused-ring (bicyclic) bond motifs is 1. The second-order valence-electron chi connectivity index (χ2n) is 5.19. The van der Waals surface area contributed by atoms with E-state index in [4.69, 9.17) is 11.6 Å². The molecule has 0 radical (unpaired) electrons. The van der Waals surface area contributed by atoms with Crippen LogP contribution in [-0.4, -0.2) is 29.0 Å². The molecule has 1 aliphatic rings. The molecule has 0 bridgehead atoms. The highest BCUT2D eigenvalue weighted by Crippen LogP contribution is 2.25. The van der Waals surface area contributed by atoms with E-state index in [9.17, 15) is 0 Å². The fraction of sp³-hybridized carbons (Fsp3) is 0.400. The number of rotatable bonds is 4. The third-order valence-corrected chi connectivity index (χ3v) is 5.02. The van der Waals surface area contributed by atoms with Gasteiger partial charge in [0.1, 0.15) is 5.15 Å². The van der Waals surface area contributed by atoms with Crippen LogP contribution in [0.1, 0.15) is 17.4 Å². The van der Waals surface area contributed by atoms with Gasteiger partial charge in [-0.3, -0.25) is 4.90 Å². The van der Waals surface area contributed by atoms with E-state index < -0.39 is 0 Å². The topological polar surface area (TPSA) is 28.2 Å². The Labute approximate surface area is 128 Å². The van der Waals surface area contributed by atoms with Gasteiger partial charge in [-0.2, -0.15) is 0 Å². The predicted octanol–water partition coefficient (Wildman–Crippen LogP) is 3.66. The van der Waals surface area contributed by atoms with Crippen molar-refractivity contribution in [3.05, 3.63) is 45.4 Å². The minimum atomic E-state index is 0.495. The van der Waals surface area contributed by atoms with Gasteiger partial charge >= 0.3 is 0 Å². The van der Waals surface area contributed by atoms with Gasteiger partial charge in [0.15, 0.2) is 0 Å². The smallest absolute Gasteiger partial charge is 0.131 e. The van der Waals surface area contributed by atoms with Crippen molar-refractivity contribution in [1.82, 2.24) is 9.88 Å². The third-order valence-electron chi connectivity index (χ3n) is 3.79. The monoisotopic (exact) mass is 307 g/mol. The number of pyridine rings is 1. The molecule has 0 spiro atoms. The van der Waals surface area contributed by atoms with Crippen LogP contribution in [0, 0.1) is 0 Å². The summed E-state index contributed by atoms with van der Waals surface area (Å²) >= 11 is 7.78. The lowest BCUT2D eigenvalue weighted by atomic mass is 10.1. The maximum absolute atomic E-state index is 5.89. The molecule has 3 nitrogen and oxygen atoms in total. The minimum Gasteiger partial charge on any atom is -0.383 e. The van der Waals surface area contributed by atoms with Crippen LogP contribution in [0.2, 0.25) is 5.15 Å². The van der Waals surface area contributed by atoms with E-state index in [1.165, 1.54) is 12.0 Å². The number of anilines is 1. The minimum absolute atomic E-state index is 0.495. The number of nitrogens with zero attached hydrogens (tertiary/aromatic N) is 2. The van der Waals surface area contributed by atoms with Crippen molar-refractivity contribution in [2.75, 3.05) is 18.4 Å². The van der Waals surface area contributed by atoms with E-state index in [0.717, 1.165) is 25.3 Å². The van der Waals surface area contributed by atoms with Crippen molar-refractivity contribution in [3.8, 4) is 0 Å². The van der Waals surface area contributed by atoms with Crippen molar-refractivity contribution in [3.63, 3.8) is 0 Å². The number of aromatic nitrogens is 1. The Morgan fingerprint density at radius 1 is 1.50 bits per heavy atom. The van der Waals surface area contributed by atoms with E-state index >= 15 is 0 Å². The van der Waals surface area contributed by atoms with Crippen LogP contribution in [-0.2, 0) is 13.0 Å². The molecule has 106 valence electrons. The Balaban J connectivity index is 1.56. The van der Waals surface area contributed by atoms with Crippen molar-refractivity contribution in [1.29, 1.82) is 0 Å². The standard InChI is InChI=1S/C15H18ClN3S/c1-11(9-18-13-2-5-17-15(16)8-13)19-6-3-14-12(10-19)4-7-20-14/h2,4-5,7-8,11H,3,6,9-10H2,1H3,(H,17,18). The van der Waals surface area contributed by atoms with Gasteiger partial charge in [-0.1, -0.05) is 11.6 Å². The third kappa shape index (κ3) is 3.14. The predicted molar refractivity (Wildman–Crippen MR) is 85.6 cm³/mol. The van der Waals surface area contributed by atoms with E-state index in [2.05, 4.69) is 33.6 Å². The van der Waals surface area contributed by atoms with Gasteiger partial charge in [-0.05, 0) is 42.5 Å². The average Bonchev–Trinajstić information content (AvgIpc) is 2.92. The van der Waals surface area contributed by atoms with Crippen LogP contribution in [0.15, 0.2) is 29.8 Å². The quantitative estimate of drug-likeness (QED) is 0.874. The largest absolute Gasteiger partial charge is 0.383 e. The number of nitrogens with one attached hydrogen (secondary N) is 1. The van der Waals surface area contributed by atoms with Crippen LogP contribution >= 0.6 is 22.9 Å². The van der Waals surface area contributed by atoms with Crippen LogP contribution < -0.4 is 5.32 Å². The Bertz CT molecular complexity index is 584. The van der Waals surface area contributed by atoms with Gasteiger partial charge < -0.3 is 5.32 Å². The molecule has 3 heterocycles. The summed E-state index contributed by atoms with van der Waals surface area (Å²) in [6.45, 7) is 5.40. The first kappa shape index (κ1) is 13.9. The van der Waals surface area contributed by atoms with E-state index in [-0.39, 0.29) is 0 Å². The molecule has 1 aliphatic heterocycles. The Morgan fingerprint density at radius 2 is 2.40 bits per heavy atom. The van der Waals surface area contributed by atoms with Crippen molar-refractivity contribution < 1.29 is 0 Å². The fourth-order valence-corrected chi connectivity index (χ4v) is 3.62. The number of thiophene rings is 1. The van der Waals surface area contributed by atoms with Crippen LogP contribution in [0.4, 0.5) is 5.69 Å². The second kappa shape index (κ2) is 6.12. The normalized spacial score (nSPS) is 16.7. The maximum atomic E-state index is 5.89. The van der Waals surface area contributed by atoms with Crippen molar-refractivity contribution in [2.24, 2.45) is 0 Å². The molecule has 0 saturated carbocycles. The van der Waals surface area contributed by atoms with E-state index in [1.54, 1.807) is 11.1 Å². The van der Waals surface area contributed by atoms with Gasteiger partial charge in [0.05, 0.1) is 0 Å². The van der Waals surface area contributed by atoms with Crippen LogP contribution in [0.5, 0.6) is 0 Å². The maximum Gasteiger partial charge on any atom is 0.131 e. The number of halogens is 1. The second-order valence-corrected chi connectivity index (χ2v) is 6.57. The molecular formula is C15H18ClN3S. The van der Waals surface area contributed by atoms with Gasteiger partial charge in [0.25, 0.3) is 0 Å². The molecule has 0 aliphatic carbocycles. The van der Waals surface area contributed by atoms with E-state index in [1.807, 2.05) is 23.5 Å². The Kier molecular flexibility index (Phi) is 4.24. The molecule has 0 aromatic carbocycles. The summed E-state index contributed by atoms with van der Waals surface area (Å²) in [5.41, 5.74) is 2.53. The Morgan fingerprint density at radius 3 is 3.25 bits per heavy atom. The molecule has 20 heavy (non-hydrogen) atoms. The summed E-state index contributed by atoms with van der Waals surface area (Å²) in [6, 6.07) is 6.57. The highest BCUT2D eigenvalue weighted by Gasteiger charge is 2.21. The molecular weight excluding hydrogens is 290 g/mol. The van der Waals surface area contributed by atoms with Gasteiger partial charge in [0, 0.05) is 42.4 Å². The summed E-state index contributed by atoms with van der Waals surface area (Å²) in [6.07, 6.45) is 2.91.